The summed E-state index contributed by atoms with van der Waals surface area (Å²) in [6.07, 6.45) is 0.514. The second-order valence-electron chi connectivity index (χ2n) is 3.98. The van der Waals surface area contributed by atoms with Gasteiger partial charge in [-0.25, -0.2) is 8.42 Å². The third kappa shape index (κ3) is 3.44. The summed E-state index contributed by atoms with van der Waals surface area (Å²) in [6.45, 7) is 3.49. The van der Waals surface area contributed by atoms with Gasteiger partial charge >= 0.3 is 0 Å². The molecule has 0 aromatic heterocycles. The van der Waals surface area contributed by atoms with Crippen molar-refractivity contribution in [2.45, 2.75) is 31.6 Å². The van der Waals surface area contributed by atoms with Crippen LogP contribution in [0.2, 0.25) is 5.02 Å². The van der Waals surface area contributed by atoms with E-state index in [1.807, 2.05) is 6.92 Å². The fourth-order valence-electron chi connectivity index (χ4n) is 1.84. The molecule has 2 atom stereocenters. The SMILES string of the molecule is CC[C@H]([C@@H](N)c1ccc(Cl)cc1)S(=O)(=O)CC. The number of nitrogens with two attached hydrogens (primary N) is 1. The molecule has 0 bridgehead atoms. The molecule has 0 aliphatic rings. The van der Waals surface area contributed by atoms with Gasteiger partial charge in [0.15, 0.2) is 9.84 Å². The quantitative estimate of drug-likeness (QED) is 0.898. The molecule has 0 saturated heterocycles. The number of hydrogen-bond donors (Lipinski definition) is 1. The van der Waals surface area contributed by atoms with Crippen molar-refractivity contribution in [3.63, 3.8) is 0 Å². The van der Waals surface area contributed by atoms with Gasteiger partial charge in [-0.05, 0) is 24.1 Å². The van der Waals surface area contributed by atoms with Crippen LogP contribution in [0.25, 0.3) is 0 Å². The van der Waals surface area contributed by atoms with E-state index in [1.54, 1.807) is 31.2 Å². The topological polar surface area (TPSA) is 60.2 Å². The Bertz CT molecular complexity index is 456. The summed E-state index contributed by atoms with van der Waals surface area (Å²) in [6, 6.07) is 6.51. The lowest BCUT2D eigenvalue weighted by Gasteiger charge is -2.22. The standard InChI is InChI=1S/C12H18ClNO2S/c1-3-11(17(15,16)4-2)12(14)9-5-7-10(13)8-6-9/h5-8,11-12H,3-4,14H2,1-2H3/t11-,12+/m1/s1. The first-order valence-corrected chi connectivity index (χ1v) is 7.74. The van der Waals surface area contributed by atoms with Crippen molar-refractivity contribution in [3.05, 3.63) is 34.9 Å². The normalized spacial score (nSPS) is 15.5. The summed E-state index contributed by atoms with van der Waals surface area (Å²) in [7, 11) is -3.13. The lowest BCUT2D eigenvalue weighted by Crippen LogP contribution is -2.34. The summed E-state index contributed by atoms with van der Waals surface area (Å²) in [5.74, 6) is 0.118. The first kappa shape index (κ1) is 14.5. The summed E-state index contributed by atoms with van der Waals surface area (Å²) >= 11 is 5.79. The number of rotatable bonds is 5. The van der Waals surface area contributed by atoms with Gasteiger partial charge in [-0.3, -0.25) is 0 Å². The van der Waals surface area contributed by atoms with Crippen molar-refractivity contribution in [2.24, 2.45) is 5.73 Å². The molecular formula is C12H18ClNO2S. The maximum atomic E-state index is 11.9. The maximum absolute atomic E-state index is 11.9. The molecule has 0 radical (unpaired) electrons. The van der Waals surface area contributed by atoms with E-state index in [-0.39, 0.29) is 5.75 Å². The minimum atomic E-state index is -3.13. The Kier molecular flexibility index (Phi) is 4.98. The van der Waals surface area contributed by atoms with E-state index in [4.69, 9.17) is 17.3 Å². The third-order valence-corrected chi connectivity index (χ3v) is 5.53. The van der Waals surface area contributed by atoms with Gasteiger partial charge in [0.1, 0.15) is 0 Å². The van der Waals surface area contributed by atoms with Crippen molar-refractivity contribution in [3.8, 4) is 0 Å². The van der Waals surface area contributed by atoms with Crippen molar-refractivity contribution in [1.82, 2.24) is 0 Å². The lowest BCUT2D eigenvalue weighted by atomic mass is 10.0. The van der Waals surface area contributed by atoms with Crippen LogP contribution in [0, 0.1) is 0 Å². The van der Waals surface area contributed by atoms with Crippen LogP contribution in [-0.4, -0.2) is 19.4 Å². The van der Waals surface area contributed by atoms with Crippen LogP contribution in [0.4, 0.5) is 0 Å². The summed E-state index contributed by atoms with van der Waals surface area (Å²) in [5.41, 5.74) is 6.84. The third-order valence-electron chi connectivity index (χ3n) is 2.92. The molecule has 0 spiro atoms. The van der Waals surface area contributed by atoms with E-state index >= 15 is 0 Å². The van der Waals surface area contributed by atoms with Gasteiger partial charge in [-0.15, -0.1) is 0 Å². The zero-order valence-electron chi connectivity index (χ0n) is 10.1. The minimum absolute atomic E-state index is 0.118. The van der Waals surface area contributed by atoms with Gasteiger partial charge in [-0.2, -0.15) is 0 Å². The van der Waals surface area contributed by atoms with Crippen molar-refractivity contribution in [2.75, 3.05) is 5.75 Å². The Hall–Kier alpha value is -0.580. The van der Waals surface area contributed by atoms with Crippen LogP contribution in [0.3, 0.4) is 0 Å². The number of halogens is 1. The number of hydrogen-bond acceptors (Lipinski definition) is 3. The van der Waals surface area contributed by atoms with E-state index in [1.165, 1.54) is 0 Å². The fourth-order valence-corrected chi connectivity index (χ4v) is 3.51. The summed E-state index contributed by atoms with van der Waals surface area (Å²) in [5, 5.41) is 0.0843. The lowest BCUT2D eigenvalue weighted by molar-refractivity contribution is 0.549. The van der Waals surface area contributed by atoms with Crippen LogP contribution in [0.1, 0.15) is 31.9 Å². The van der Waals surface area contributed by atoms with Gasteiger partial charge in [0.05, 0.1) is 5.25 Å². The highest BCUT2D eigenvalue weighted by Crippen LogP contribution is 2.24. The van der Waals surface area contributed by atoms with Crippen molar-refractivity contribution < 1.29 is 8.42 Å². The van der Waals surface area contributed by atoms with Gasteiger partial charge < -0.3 is 5.73 Å². The molecule has 0 heterocycles. The maximum Gasteiger partial charge on any atom is 0.154 e. The molecule has 0 aliphatic heterocycles. The van der Waals surface area contributed by atoms with Gasteiger partial charge in [0, 0.05) is 16.8 Å². The van der Waals surface area contributed by atoms with Crippen LogP contribution in [0.15, 0.2) is 24.3 Å². The van der Waals surface area contributed by atoms with Gasteiger partial charge in [-0.1, -0.05) is 37.6 Å². The fraction of sp³-hybridized carbons (Fsp3) is 0.500. The van der Waals surface area contributed by atoms with Crippen LogP contribution < -0.4 is 5.73 Å². The second-order valence-corrected chi connectivity index (χ2v) is 6.92. The largest absolute Gasteiger partial charge is 0.323 e. The Morgan fingerprint density at radius 3 is 2.18 bits per heavy atom. The molecule has 1 rings (SSSR count). The first-order valence-electron chi connectivity index (χ1n) is 5.65. The minimum Gasteiger partial charge on any atom is -0.323 e. The Morgan fingerprint density at radius 1 is 1.24 bits per heavy atom. The van der Waals surface area contributed by atoms with E-state index < -0.39 is 21.1 Å². The average Bonchev–Trinajstić information content (AvgIpc) is 2.30. The molecule has 96 valence electrons. The van der Waals surface area contributed by atoms with E-state index in [0.29, 0.717) is 11.4 Å². The highest BCUT2D eigenvalue weighted by atomic mass is 35.5. The van der Waals surface area contributed by atoms with E-state index in [2.05, 4.69) is 0 Å². The predicted molar refractivity (Wildman–Crippen MR) is 71.9 cm³/mol. The molecule has 5 heteroatoms. The molecule has 2 N–H and O–H groups in total. The Balaban J connectivity index is 3.02. The Labute approximate surface area is 108 Å². The smallest absolute Gasteiger partial charge is 0.154 e. The number of sulfone groups is 1. The molecule has 0 fully saturated rings. The van der Waals surface area contributed by atoms with Gasteiger partial charge in [0.25, 0.3) is 0 Å². The zero-order chi connectivity index (χ0) is 13.1. The van der Waals surface area contributed by atoms with Crippen molar-refractivity contribution >= 4 is 21.4 Å². The second kappa shape index (κ2) is 5.85. The van der Waals surface area contributed by atoms with E-state index in [0.717, 1.165) is 5.56 Å². The monoisotopic (exact) mass is 275 g/mol. The van der Waals surface area contributed by atoms with Crippen LogP contribution >= 0.6 is 11.6 Å². The van der Waals surface area contributed by atoms with E-state index in [9.17, 15) is 8.42 Å². The molecule has 1 aromatic rings. The van der Waals surface area contributed by atoms with Crippen LogP contribution in [0.5, 0.6) is 0 Å². The van der Waals surface area contributed by atoms with Gasteiger partial charge in [0.2, 0.25) is 0 Å². The molecule has 0 amide bonds. The summed E-state index contributed by atoms with van der Waals surface area (Å²) in [4.78, 5) is 0. The molecule has 17 heavy (non-hydrogen) atoms. The number of benzene rings is 1. The highest BCUT2D eigenvalue weighted by molar-refractivity contribution is 7.92. The molecule has 0 unspecified atom stereocenters. The zero-order valence-corrected chi connectivity index (χ0v) is 11.6. The summed E-state index contributed by atoms with van der Waals surface area (Å²) < 4.78 is 23.8. The first-order chi connectivity index (χ1) is 7.92. The van der Waals surface area contributed by atoms with Crippen LogP contribution in [-0.2, 0) is 9.84 Å². The highest BCUT2D eigenvalue weighted by Gasteiger charge is 2.29. The molecule has 0 aliphatic carbocycles. The average molecular weight is 276 g/mol. The predicted octanol–water partition coefficient (Wildman–Crippen LogP) is 2.55. The molecule has 0 saturated carbocycles. The Morgan fingerprint density at radius 2 is 1.76 bits per heavy atom. The van der Waals surface area contributed by atoms with Crippen molar-refractivity contribution in [1.29, 1.82) is 0 Å². The molecule has 1 aromatic carbocycles. The molecular weight excluding hydrogens is 258 g/mol. The molecule has 3 nitrogen and oxygen atoms in total.